The molecule has 39 heavy (non-hydrogen) atoms. The molecule has 0 radical (unpaired) electrons. The standard InChI is InChI=1S/C31H44N6O2/c1-4-6-12-29(39)36(22-7-5-2)28-18-17-27-30(34-28)37(23-11-21-35-19-9-8-10-20-35)31(33-27)32-26-15-13-25(14-16-26)24(3)38/h13-18H,4-12,19-23H2,1-3H3,(H,32,33). The normalized spacial score (nSPS) is 14.0. The van der Waals surface area contributed by atoms with Gasteiger partial charge in [-0.3, -0.25) is 19.1 Å². The number of pyridine rings is 1. The first kappa shape index (κ1) is 28.7. The lowest BCUT2D eigenvalue weighted by molar-refractivity contribution is -0.118. The molecule has 210 valence electrons. The third-order valence-corrected chi connectivity index (χ3v) is 7.49. The Morgan fingerprint density at radius 3 is 2.33 bits per heavy atom. The minimum absolute atomic E-state index is 0.0457. The van der Waals surface area contributed by atoms with E-state index in [-0.39, 0.29) is 11.7 Å². The Kier molecular flexibility index (Phi) is 10.5. The molecule has 1 fully saturated rings. The van der Waals surface area contributed by atoms with Crippen molar-refractivity contribution in [3.8, 4) is 0 Å². The molecule has 8 heteroatoms. The van der Waals surface area contributed by atoms with E-state index in [4.69, 9.17) is 9.97 Å². The van der Waals surface area contributed by atoms with Crippen LogP contribution in [0.2, 0.25) is 0 Å². The van der Waals surface area contributed by atoms with E-state index in [1.807, 2.05) is 41.3 Å². The SMILES string of the molecule is CCCCC(=O)N(CCCC)c1ccc2nc(Nc3ccc(C(C)=O)cc3)n(CCCN3CCCCC3)c2n1. The lowest BCUT2D eigenvalue weighted by Crippen LogP contribution is -2.32. The second-order valence-electron chi connectivity index (χ2n) is 10.6. The van der Waals surface area contributed by atoms with Crippen molar-refractivity contribution in [3.05, 3.63) is 42.0 Å². The zero-order valence-electron chi connectivity index (χ0n) is 23.9. The van der Waals surface area contributed by atoms with E-state index in [2.05, 4.69) is 28.6 Å². The Hall–Kier alpha value is -3.26. The van der Waals surface area contributed by atoms with Crippen LogP contribution in [0.3, 0.4) is 0 Å². The van der Waals surface area contributed by atoms with E-state index in [9.17, 15) is 9.59 Å². The molecular weight excluding hydrogens is 488 g/mol. The fourth-order valence-corrected chi connectivity index (χ4v) is 5.15. The largest absolute Gasteiger partial charge is 0.326 e. The number of piperidine rings is 1. The Morgan fingerprint density at radius 2 is 1.64 bits per heavy atom. The molecule has 0 aliphatic carbocycles. The number of fused-ring (bicyclic) bond motifs is 1. The summed E-state index contributed by atoms with van der Waals surface area (Å²) in [5, 5.41) is 3.46. The van der Waals surface area contributed by atoms with Crippen LogP contribution in [0, 0.1) is 0 Å². The Labute approximate surface area is 232 Å². The van der Waals surface area contributed by atoms with E-state index < -0.39 is 0 Å². The van der Waals surface area contributed by atoms with Crippen LogP contribution in [0.15, 0.2) is 36.4 Å². The monoisotopic (exact) mass is 532 g/mol. The molecule has 0 saturated carbocycles. The number of ketones is 1. The molecule has 3 heterocycles. The number of nitrogens with zero attached hydrogens (tertiary/aromatic N) is 5. The van der Waals surface area contributed by atoms with Gasteiger partial charge in [-0.15, -0.1) is 0 Å². The molecule has 1 amide bonds. The highest BCUT2D eigenvalue weighted by molar-refractivity contribution is 5.94. The first-order chi connectivity index (χ1) is 19.0. The number of imidazole rings is 1. The summed E-state index contributed by atoms with van der Waals surface area (Å²) < 4.78 is 2.15. The number of rotatable bonds is 14. The highest BCUT2D eigenvalue weighted by Crippen LogP contribution is 2.26. The summed E-state index contributed by atoms with van der Waals surface area (Å²) in [5.41, 5.74) is 3.14. The van der Waals surface area contributed by atoms with Crippen LogP contribution in [0.4, 0.5) is 17.5 Å². The lowest BCUT2D eigenvalue weighted by atomic mass is 10.1. The van der Waals surface area contributed by atoms with E-state index >= 15 is 0 Å². The third kappa shape index (κ3) is 7.66. The number of hydrogen-bond donors (Lipinski definition) is 1. The molecule has 0 spiro atoms. The molecule has 0 unspecified atom stereocenters. The maximum absolute atomic E-state index is 13.1. The first-order valence-electron chi connectivity index (χ1n) is 14.8. The number of likely N-dealkylation sites (tertiary alicyclic amines) is 1. The Morgan fingerprint density at radius 1 is 0.897 bits per heavy atom. The quantitative estimate of drug-likeness (QED) is 0.236. The molecule has 1 saturated heterocycles. The maximum Gasteiger partial charge on any atom is 0.228 e. The topological polar surface area (TPSA) is 83.4 Å². The van der Waals surface area contributed by atoms with Crippen molar-refractivity contribution >= 4 is 40.3 Å². The van der Waals surface area contributed by atoms with Crippen LogP contribution in [0.5, 0.6) is 0 Å². The Bertz CT molecular complexity index is 1230. The van der Waals surface area contributed by atoms with Gasteiger partial charge in [-0.25, -0.2) is 9.97 Å². The number of hydrogen-bond acceptors (Lipinski definition) is 6. The summed E-state index contributed by atoms with van der Waals surface area (Å²) in [6.45, 7) is 10.7. The average Bonchev–Trinajstić information content (AvgIpc) is 3.29. The molecule has 2 aromatic heterocycles. The van der Waals surface area contributed by atoms with Gasteiger partial charge in [-0.2, -0.15) is 0 Å². The number of carbonyl (C=O) groups is 2. The van der Waals surface area contributed by atoms with Crippen LogP contribution >= 0.6 is 0 Å². The number of benzene rings is 1. The summed E-state index contributed by atoms with van der Waals surface area (Å²) in [4.78, 5) is 39.2. The smallest absolute Gasteiger partial charge is 0.228 e. The number of carbonyl (C=O) groups excluding carboxylic acids is 2. The number of nitrogens with one attached hydrogen (secondary N) is 1. The zero-order valence-corrected chi connectivity index (χ0v) is 23.9. The molecule has 1 N–H and O–H groups in total. The molecule has 3 aromatic rings. The summed E-state index contributed by atoms with van der Waals surface area (Å²) in [7, 11) is 0. The van der Waals surface area contributed by atoms with Crippen molar-refractivity contribution in [2.24, 2.45) is 0 Å². The number of aromatic nitrogens is 3. The second-order valence-corrected chi connectivity index (χ2v) is 10.6. The summed E-state index contributed by atoms with van der Waals surface area (Å²) in [5.74, 6) is 1.61. The lowest BCUT2D eigenvalue weighted by Gasteiger charge is -2.26. The molecule has 1 aromatic carbocycles. The van der Waals surface area contributed by atoms with Gasteiger partial charge in [0, 0.05) is 30.8 Å². The van der Waals surface area contributed by atoms with Crippen molar-refractivity contribution in [1.82, 2.24) is 19.4 Å². The minimum Gasteiger partial charge on any atom is -0.326 e. The average molecular weight is 533 g/mol. The van der Waals surface area contributed by atoms with Crippen molar-refractivity contribution in [2.45, 2.75) is 85.1 Å². The fourth-order valence-electron chi connectivity index (χ4n) is 5.15. The number of aryl methyl sites for hydroxylation is 1. The van der Waals surface area contributed by atoms with Crippen LogP contribution in [0.1, 0.15) is 88.9 Å². The van der Waals surface area contributed by atoms with Gasteiger partial charge >= 0.3 is 0 Å². The van der Waals surface area contributed by atoms with Gasteiger partial charge in [-0.05, 0) is 95.1 Å². The van der Waals surface area contributed by atoms with Crippen LogP contribution < -0.4 is 10.2 Å². The molecule has 1 aliphatic rings. The molecule has 8 nitrogen and oxygen atoms in total. The van der Waals surface area contributed by atoms with Gasteiger partial charge in [0.05, 0.1) is 0 Å². The fraction of sp³-hybridized carbons (Fsp3) is 0.548. The zero-order chi connectivity index (χ0) is 27.6. The number of amides is 1. The van der Waals surface area contributed by atoms with Crippen LogP contribution in [-0.2, 0) is 11.3 Å². The highest BCUT2D eigenvalue weighted by atomic mass is 16.2. The van der Waals surface area contributed by atoms with Crippen LogP contribution in [0.25, 0.3) is 11.2 Å². The summed E-state index contributed by atoms with van der Waals surface area (Å²) in [6, 6.07) is 11.4. The maximum atomic E-state index is 13.1. The van der Waals surface area contributed by atoms with Gasteiger partial charge in [0.15, 0.2) is 11.4 Å². The highest BCUT2D eigenvalue weighted by Gasteiger charge is 2.20. The van der Waals surface area contributed by atoms with Crippen molar-refractivity contribution in [2.75, 3.05) is 36.4 Å². The predicted molar refractivity (Wildman–Crippen MR) is 159 cm³/mol. The van der Waals surface area contributed by atoms with E-state index in [0.29, 0.717) is 24.3 Å². The Balaban J connectivity index is 1.64. The van der Waals surface area contributed by atoms with Crippen molar-refractivity contribution < 1.29 is 9.59 Å². The van der Waals surface area contributed by atoms with Gasteiger partial charge in [0.1, 0.15) is 11.3 Å². The van der Waals surface area contributed by atoms with Gasteiger partial charge < -0.3 is 10.2 Å². The first-order valence-corrected chi connectivity index (χ1v) is 14.8. The molecule has 1 aliphatic heterocycles. The van der Waals surface area contributed by atoms with Crippen molar-refractivity contribution in [1.29, 1.82) is 0 Å². The number of unbranched alkanes of at least 4 members (excludes halogenated alkanes) is 2. The van der Waals surface area contributed by atoms with E-state index in [1.165, 1.54) is 32.4 Å². The summed E-state index contributed by atoms with van der Waals surface area (Å²) >= 11 is 0. The minimum atomic E-state index is 0.0457. The molecule has 0 atom stereocenters. The number of Topliss-reactive ketones (excluding diaryl/α,β-unsaturated/α-hetero) is 1. The van der Waals surface area contributed by atoms with E-state index in [0.717, 1.165) is 68.0 Å². The number of anilines is 3. The predicted octanol–water partition coefficient (Wildman–Crippen LogP) is 6.58. The molecule has 0 bridgehead atoms. The molecular formula is C31H44N6O2. The summed E-state index contributed by atoms with van der Waals surface area (Å²) in [6.07, 6.45) is 9.25. The molecule has 4 rings (SSSR count). The van der Waals surface area contributed by atoms with Crippen LogP contribution in [-0.4, -0.2) is 57.3 Å². The van der Waals surface area contributed by atoms with Gasteiger partial charge in [0.2, 0.25) is 11.9 Å². The second kappa shape index (κ2) is 14.2. The van der Waals surface area contributed by atoms with Crippen molar-refractivity contribution in [3.63, 3.8) is 0 Å². The van der Waals surface area contributed by atoms with E-state index in [1.54, 1.807) is 6.92 Å². The van der Waals surface area contributed by atoms with Gasteiger partial charge in [0.25, 0.3) is 0 Å². The third-order valence-electron chi connectivity index (χ3n) is 7.49. The van der Waals surface area contributed by atoms with Gasteiger partial charge in [-0.1, -0.05) is 33.1 Å².